The van der Waals surface area contributed by atoms with Crippen LogP contribution in [0.5, 0.6) is 11.5 Å². The summed E-state index contributed by atoms with van der Waals surface area (Å²) in [5, 5.41) is 2.89. The summed E-state index contributed by atoms with van der Waals surface area (Å²) in [4.78, 5) is 26.9. The Morgan fingerprint density at radius 2 is 1.89 bits per heavy atom. The van der Waals surface area contributed by atoms with Crippen LogP contribution in [0.2, 0.25) is 0 Å². The Labute approximate surface area is 159 Å². The molecule has 3 rings (SSSR count). The Balaban J connectivity index is 2.03. The lowest BCUT2D eigenvalue weighted by Crippen LogP contribution is -2.46. The molecule has 2 aliphatic rings. The first-order valence-corrected chi connectivity index (χ1v) is 9.14. The topological polar surface area (TPSA) is 77.1 Å². The van der Waals surface area contributed by atoms with Crippen LogP contribution >= 0.6 is 0 Å². The van der Waals surface area contributed by atoms with Crippen LogP contribution in [0.4, 0.5) is 4.79 Å². The lowest BCUT2D eigenvalue weighted by molar-refractivity contribution is -0.144. The average molecular weight is 374 g/mol. The van der Waals surface area contributed by atoms with Crippen LogP contribution in [0.15, 0.2) is 29.5 Å². The Kier molecular flexibility index (Phi) is 5.58. The van der Waals surface area contributed by atoms with Crippen LogP contribution in [0.3, 0.4) is 0 Å². The molecule has 0 radical (unpaired) electrons. The number of carbonyl (C=O) groups is 2. The summed E-state index contributed by atoms with van der Waals surface area (Å²) >= 11 is 0. The maximum atomic E-state index is 13.0. The third-order valence-corrected chi connectivity index (χ3v) is 5.30. The van der Waals surface area contributed by atoms with E-state index in [0.717, 1.165) is 25.7 Å². The van der Waals surface area contributed by atoms with Gasteiger partial charge in [-0.05, 0) is 50.8 Å². The lowest BCUT2D eigenvalue weighted by Gasteiger charge is -2.34. The summed E-state index contributed by atoms with van der Waals surface area (Å²) in [6.45, 7) is 1.75. The summed E-state index contributed by atoms with van der Waals surface area (Å²) < 4.78 is 16.5. The molecule has 1 aromatic carbocycles. The molecule has 1 fully saturated rings. The minimum Gasteiger partial charge on any atom is -0.497 e. The number of amides is 2. The molecule has 0 aromatic heterocycles. The molecule has 1 aliphatic heterocycles. The standard InChI is InChI=1S/C20H26N2O5/c1-12-17(19(23)27-13-7-5-6-8-13)18(21-20(24)22(12)2)15-11-14(25-3)9-10-16(15)26-4/h9-11,13,18H,5-8H2,1-4H3,(H,21,24)/t18-/m1/s1. The smallest absolute Gasteiger partial charge is 0.338 e. The second-order valence-corrected chi connectivity index (χ2v) is 6.86. The van der Waals surface area contributed by atoms with E-state index in [0.29, 0.717) is 28.3 Å². The van der Waals surface area contributed by atoms with Crippen LogP contribution in [0, 0.1) is 0 Å². The normalized spacial score (nSPS) is 20.5. The van der Waals surface area contributed by atoms with Gasteiger partial charge in [-0.1, -0.05) is 0 Å². The number of carbonyl (C=O) groups excluding carboxylic acids is 2. The highest BCUT2D eigenvalue weighted by atomic mass is 16.5. The van der Waals surface area contributed by atoms with E-state index in [-0.39, 0.29) is 12.1 Å². The first-order chi connectivity index (χ1) is 13.0. The van der Waals surface area contributed by atoms with Gasteiger partial charge in [0.2, 0.25) is 0 Å². The molecule has 1 N–H and O–H groups in total. The van der Waals surface area contributed by atoms with Gasteiger partial charge in [-0.25, -0.2) is 9.59 Å². The molecule has 1 heterocycles. The first-order valence-electron chi connectivity index (χ1n) is 9.14. The zero-order valence-electron chi connectivity index (χ0n) is 16.2. The Hall–Kier alpha value is -2.70. The number of ether oxygens (including phenoxy) is 3. The number of methoxy groups -OCH3 is 2. The predicted molar refractivity (Wildman–Crippen MR) is 99.6 cm³/mol. The molecule has 1 aliphatic carbocycles. The van der Waals surface area contributed by atoms with E-state index in [1.54, 1.807) is 46.4 Å². The molecular weight excluding hydrogens is 348 g/mol. The van der Waals surface area contributed by atoms with Crippen molar-refractivity contribution in [1.29, 1.82) is 0 Å². The van der Waals surface area contributed by atoms with Crippen molar-refractivity contribution in [2.24, 2.45) is 0 Å². The van der Waals surface area contributed by atoms with Crippen molar-refractivity contribution in [1.82, 2.24) is 10.2 Å². The molecule has 27 heavy (non-hydrogen) atoms. The van der Waals surface area contributed by atoms with Gasteiger partial charge >= 0.3 is 12.0 Å². The largest absolute Gasteiger partial charge is 0.497 e. The molecule has 0 saturated heterocycles. The minimum absolute atomic E-state index is 0.0615. The van der Waals surface area contributed by atoms with Gasteiger partial charge in [0.15, 0.2) is 0 Å². The minimum atomic E-state index is -0.673. The molecule has 0 bridgehead atoms. The Morgan fingerprint density at radius 1 is 1.19 bits per heavy atom. The van der Waals surface area contributed by atoms with E-state index in [4.69, 9.17) is 14.2 Å². The highest BCUT2D eigenvalue weighted by molar-refractivity contribution is 5.95. The zero-order chi connectivity index (χ0) is 19.6. The fourth-order valence-electron chi connectivity index (χ4n) is 3.62. The molecule has 146 valence electrons. The number of rotatable bonds is 5. The van der Waals surface area contributed by atoms with E-state index in [1.807, 2.05) is 0 Å². The molecule has 0 unspecified atom stereocenters. The molecule has 0 spiro atoms. The summed E-state index contributed by atoms with van der Waals surface area (Å²) in [5.41, 5.74) is 1.63. The SMILES string of the molecule is COc1ccc(OC)c([C@H]2NC(=O)N(C)C(C)=C2C(=O)OC2CCCC2)c1. The van der Waals surface area contributed by atoms with Crippen LogP contribution in [-0.4, -0.2) is 44.3 Å². The number of benzene rings is 1. The van der Waals surface area contributed by atoms with E-state index in [2.05, 4.69) is 5.32 Å². The average Bonchev–Trinajstić information content (AvgIpc) is 3.18. The number of nitrogens with zero attached hydrogens (tertiary/aromatic N) is 1. The quantitative estimate of drug-likeness (QED) is 0.801. The van der Waals surface area contributed by atoms with Crippen molar-refractivity contribution in [3.05, 3.63) is 35.0 Å². The highest BCUT2D eigenvalue weighted by Gasteiger charge is 2.37. The van der Waals surface area contributed by atoms with Crippen molar-refractivity contribution < 1.29 is 23.8 Å². The van der Waals surface area contributed by atoms with E-state index in [1.165, 1.54) is 4.90 Å². The molecule has 2 amide bonds. The lowest BCUT2D eigenvalue weighted by atomic mass is 9.94. The summed E-state index contributed by atoms with van der Waals surface area (Å²) in [5.74, 6) is 0.769. The van der Waals surface area contributed by atoms with Crippen molar-refractivity contribution >= 4 is 12.0 Å². The van der Waals surface area contributed by atoms with Gasteiger partial charge < -0.3 is 24.4 Å². The number of esters is 1. The van der Waals surface area contributed by atoms with Crippen LogP contribution < -0.4 is 14.8 Å². The van der Waals surface area contributed by atoms with Gasteiger partial charge in [0.05, 0.1) is 25.8 Å². The van der Waals surface area contributed by atoms with E-state index in [9.17, 15) is 9.59 Å². The fraction of sp³-hybridized carbons (Fsp3) is 0.500. The van der Waals surface area contributed by atoms with Crippen molar-refractivity contribution in [2.75, 3.05) is 21.3 Å². The Bertz CT molecular complexity index is 768. The van der Waals surface area contributed by atoms with Gasteiger partial charge in [-0.3, -0.25) is 0 Å². The number of urea groups is 1. The summed E-state index contributed by atoms with van der Waals surface area (Å²) in [6, 6.07) is 4.33. The number of nitrogens with one attached hydrogen (secondary N) is 1. The van der Waals surface area contributed by atoms with Crippen LogP contribution in [-0.2, 0) is 9.53 Å². The molecule has 7 heteroatoms. The fourth-order valence-corrected chi connectivity index (χ4v) is 3.62. The summed E-state index contributed by atoms with van der Waals surface area (Å²) in [7, 11) is 4.75. The monoisotopic (exact) mass is 374 g/mol. The third kappa shape index (κ3) is 3.72. The van der Waals surface area contributed by atoms with Gasteiger partial charge in [0, 0.05) is 18.3 Å². The maximum Gasteiger partial charge on any atom is 0.338 e. The summed E-state index contributed by atoms with van der Waals surface area (Å²) in [6.07, 6.45) is 3.84. The molecule has 1 aromatic rings. The Morgan fingerprint density at radius 3 is 2.52 bits per heavy atom. The van der Waals surface area contributed by atoms with Gasteiger partial charge in [-0.2, -0.15) is 0 Å². The van der Waals surface area contributed by atoms with E-state index >= 15 is 0 Å². The van der Waals surface area contributed by atoms with Crippen molar-refractivity contribution in [3.8, 4) is 11.5 Å². The van der Waals surface area contributed by atoms with Gasteiger partial charge in [0.25, 0.3) is 0 Å². The van der Waals surface area contributed by atoms with Crippen LogP contribution in [0.25, 0.3) is 0 Å². The number of hydrogen-bond donors (Lipinski definition) is 1. The first kappa shape index (κ1) is 19.1. The number of allylic oxidation sites excluding steroid dienone is 1. The molecular formula is C20H26N2O5. The molecule has 7 nitrogen and oxygen atoms in total. The zero-order valence-corrected chi connectivity index (χ0v) is 16.2. The third-order valence-electron chi connectivity index (χ3n) is 5.30. The molecule has 1 saturated carbocycles. The molecule has 1 atom stereocenters. The second-order valence-electron chi connectivity index (χ2n) is 6.86. The van der Waals surface area contributed by atoms with Gasteiger partial charge in [-0.15, -0.1) is 0 Å². The maximum absolute atomic E-state index is 13.0. The van der Waals surface area contributed by atoms with Crippen LogP contribution in [0.1, 0.15) is 44.2 Å². The highest BCUT2D eigenvalue weighted by Crippen LogP contribution is 2.38. The van der Waals surface area contributed by atoms with Crippen molar-refractivity contribution in [2.45, 2.75) is 44.8 Å². The van der Waals surface area contributed by atoms with Gasteiger partial charge in [0.1, 0.15) is 17.6 Å². The number of hydrogen-bond acceptors (Lipinski definition) is 5. The van der Waals surface area contributed by atoms with E-state index < -0.39 is 12.0 Å². The predicted octanol–water partition coefficient (Wildman–Crippen LogP) is 3.16. The van der Waals surface area contributed by atoms with Crippen molar-refractivity contribution in [3.63, 3.8) is 0 Å². The second kappa shape index (κ2) is 7.90.